The Bertz CT molecular complexity index is 836. The van der Waals surface area contributed by atoms with E-state index in [4.69, 9.17) is 0 Å². The van der Waals surface area contributed by atoms with Gasteiger partial charge in [0.2, 0.25) is 0 Å². The molecule has 25 heavy (non-hydrogen) atoms. The summed E-state index contributed by atoms with van der Waals surface area (Å²) < 4.78 is 62.3. The summed E-state index contributed by atoms with van der Waals surface area (Å²) in [6.07, 6.45) is -0.538. The fourth-order valence-corrected chi connectivity index (χ4v) is 3.62. The van der Waals surface area contributed by atoms with Crippen molar-refractivity contribution in [2.75, 3.05) is 24.2 Å². The highest BCUT2D eigenvalue weighted by atomic mass is 32.2. The number of halogens is 3. The molecule has 3 rings (SSSR count). The molecule has 2 heterocycles. The van der Waals surface area contributed by atoms with E-state index in [0.29, 0.717) is 25.9 Å². The van der Waals surface area contributed by atoms with Gasteiger partial charge in [-0.15, -0.1) is 0 Å². The van der Waals surface area contributed by atoms with E-state index in [0.717, 1.165) is 18.0 Å². The van der Waals surface area contributed by atoms with Crippen LogP contribution in [0.2, 0.25) is 0 Å². The predicted molar refractivity (Wildman–Crippen MR) is 87.3 cm³/mol. The Labute approximate surface area is 144 Å². The second-order valence-corrected chi connectivity index (χ2v) is 8.18. The second-order valence-electron chi connectivity index (χ2n) is 6.16. The minimum atomic E-state index is -4.42. The van der Waals surface area contributed by atoms with E-state index in [1.165, 1.54) is 10.9 Å². The first-order chi connectivity index (χ1) is 11.6. The summed E-state index contributed by atoms with van der Waals surface area (Å²) in [4.78, 5) is 2.36. The van der Waals surface area contributed by atoms with E-state index in [9.17, 15) is 21.6 Å². The molecule has 1 fully saturated rings. The lowest BCUT2D eigenvalue weighted by molar-refractivity contribution is -0.141. The summed E-state index contributed by atoms with van der Waals surface area (Å²) >= 11 is 0. The van der Waals surface area contributed by atoms with Crippen molar-refractivity contribution in [3.63, 3.8) is 0 Å². The number of nitrogens with zero attached hydrogens (tertiary/aromatic N) is 3. The number of hydrogen-bond donors (Lipinski definition) is 0. The smallest absolute Gasteiger partial charge is 0.371 e. The normalized spacial score (nSPS) is 17.0. The molecule has 0 aliphatic carbocycles. The summed E-state index contributed by atoms with van der Waals surface area (Å²) in [5.41, 5.74) is 0.0357. The monoisotopic (exact) mass is 373 g/mol. The number of sulfone groups is 1. The van der Waals surface area contributed by atoms with Gasteiger partial charge in [-0.05, 0) is 43.2 Å². The van der Waals surface area contributed by atoms with E-state index in [-0.39, 0.29) is 10.9 Å². The van der Waals surface area contributed by atoms with E-state index < -0.39 is 21.7 Å². The first-order valence-electron chi connectivity index (χ1n) is 7.82. The summed E-state index contributed by atoms with van der Waals surface area (Å²) in [7, 11) is -3.23. The molecule has 1 saturated heterocycles. The number of piperidine rings is 1. The molecule has 0 spiro atoms. The fraction of sp³-hybridized carbons (Fsp3) is 0.438. The van der Waals surface area contributed by atoms with Gasteiger partial charge in [0.25, 0.3) is 0 Å². The van der Waals surface area contributed by atoms with Crippen molar-refractivity contribution in [1.82, 2.24) is 9.78 Å². The van der Waals surface area contributed by atoms with Gasteiger partial charge in [0.1, 0.15) is 0 Å². The third-order valence-electron chi connectivity index (χ3n) is 4.37. The van der Waals surface area contributed by atoms with Crippen molar-refractivity contribution in [1.29, 1.82) is 0 Å². The molecule has 0 saturated carbocycles. The van der Waals surface area contributed by atoms with Crippen molar-refractivity contribution in [2.45, 2.75) is 30.0 Å². The molecule has 5 nitrogen and oxygen atoms in total. The number of hydrogen-bond acceptors (Lipinski definition) is 4. The number of benzene rings is 1. The molecule has 0 unspecified atom stereocenters. The number of anilines is 1. The first-order valence-corrected chi connectivity index (χ1v) is 9.71. The van der Waals surface area contributed by atoms with E-state index in [1.807, 2.05) is 0 Å². The maximum absolute atomic E-state index is 12.6. The third kappa shape index (κ3) is 3.97. The highest BCUT2D eigenvalue weighted by molar-refractivity contribution is 7.90. The molecule has 0 N–H and O–H groups in total. The van der Waals surface area contributed by atoms with Crippen LogP contribution in [0.25, 0.3) is 0 Å². The summed E-state index contributed by atoms with van der Waals surface area (Å²) in [6.45, 7) is 1.34. The number of alkyl halides is 3. The SMILES string of the molecule is CS(=O)(=O)c1ccc(N2CCC(n3ccc(C(F)(F)F)n3)CC2)cc1. The Kier molecular flexibility index (Phi) is 4.52. The van der Waals surface area contributed by atoms with Crippen LogP contribution in [0.4, 0.5) is 18.9 Å². The standard InChI is InChI=1S/C16H18F3N3O2S/c1-25(23,24)14-4-2-12(3-5-14)21-9-6-13(7-10-21)22-11-8-15(20-22)16(17,18)19/h2-5,8,11,13H,6-7,9-10H2,1H3. The van der Waals surface area contributed by atoms with Crippen LogP contribution in [0.1, 0.15) is 24.6 Å². The third-order valence-corrected chi connectivity index (χ3v) is 5.50. The molecule has 0 amide bonds. The Hall–Kier alpha value is -2.03. The molecular weight excluding hydrogens is 355 g/mol. The van der Waals surface area contributed by atoms with Gasteiger partial charge in [-0.25, -0.2) is 8.42 Å². The molecule has 0 atom stereocenters. The van der Waals surface area contributed by atoms with Gasteiger partial charge in [0.15, 0.2) is 15.5 Å². The Morgan fingerprint density at radius 1 is 1.08 bits per heavy atom. The minimum Gasteiger partial charge on any atom is -0.371 e. The number of rotatable bonds is 3. The van der Waals surface area contributed by atoms with Gasteiger partial charge in [0.05, 0.1) is 10.9 Å². The Balaban J connectivity index is 1.65. The van der Waals surface area contributed by atoms with E-state index in [2.05, 4.69) is 10.00 Å². The maximum atomic E-state index is 12.6. The van der Waals surface area contributed by atoms with Gasteiger partial charge < -0.3 is 4.90 Å². The lowest BCUT2D eigenvalue weighted by Crippen LogP contribution is -2.34. The van der Waals surface area contributed by atoms with Gasteiger partial charge in [-0.3, -0.25) is 4.68 Å². The van der Waals surface area contributed by atoms with Gasteiger partial charge in [-0.1, -0.05) is 0 Å². The van der Waals surface area contributed by atoms with Gasteiger partial charge in [0, 0.05) is 31.2 Å². The Morgan fingerprint density at radius 2 is 1.68 bits per heavy atom. The van der Waals surface area contributed by atoms with Crippen LogP contribution in [0.3, 0.4) is 0 Å². The molecule has 0 radical (unpaired) electrons. The lowest BCUT2D eigenvalue weighted by Gasteiger charge is -2.33. The Morgan fingerprint density at radius 3 is 2.16 bits per heavy atom. The second kappa shape index (κ2) is 6.36. The largest absolute Gasteiger partial charge is 0.435 e. The zero-order chi connectivity index (χ0) is 18.2. The van der Waals surface area contributed by atoms with Crippen LogP contribution in [-0.4, -0.2) is 37.5 Å². The molecule has 9 heteroatoms. The maximum Gasteiger partial charge on any atom is 0.435 e. The van der Waals surface area contributed by atoms with Crippen molar-refractivity contribution in [3.8, 4) is 0 Å². The van der Waals surface area contributed by atoms with E-state index >= 15 is 0 Å². The lowest BCUT2D eigenvalue weighted by atomic mass is 10.0. The molecular formula is C16H18F3N3O2S. The average Bonchev–Trinajstić information content (AvgIpc) is 3.05. The van der Waals surface area contributed by atoms with Crippen LogP contribution < -0.4 is 4.90 Å². The quantitative estimate of drug-likeness (QED) is 0.829. The minimum absolute atomic E-state index is 0.0670. The van der Waals surface area contributed by atoms with Crippen LogP contribution in [-0.2, 0) is 16.0 Å². The fourth-order valence-electron chi connectivity index (χ4n) is 2.99. The van der Waals surface area contributed by atoms with Crippen molar-refractivity contribution in [2.24, 2.45) is 0 Å². The van der Waals surface area contributed by atoms with Crippen LogP contribution >= 0.6 is 0 Å². The van der Waals surface area contributed by atoms with Crippen molar-refractivity contribution in [3.05, 3.63) is 42.2 Å². The summed E-state index contributed by atoms with van der Waals surface area (Å²) in [6, 6.07) is 7.58. The zero-order valence-corrected chi connectivity index (χ0v) is 14.4. The molecule has 0 bridgehead atoms. The predicted octanol–water partition coefficient (Wildman–Crippen LogP) is 3.15. The van der Waals surface area contributed by atoms with Crippen molar-refractivity contribution < 1.29 is 21.6 Å². The molecule has 1 aromatic carbocycles. The van der Waals surface area contributed by atoms with Gasteiger partial charge >= 0.3 is 6.18 Å². The summed E-state index contributed by atoms with van der Waals surface area (Å²) in [5.74, 6) is 0. The topological polar surface area (TPSA) is 55.2 Å². The van der Waals surface area contributed by atoms with Crippen molar-refractivity contribution >= 4 is 15.5 Å². The van der Waals surface area contributed by atoms with E-state index in [1.54, 1.807) is 24.3 Å². The highest BCUT2D eigenvalue weighted by Crippen LogP contribution is 2.30. The molecule has 1 aromatic heterocycles. The van der Waals surface area contributed by atoms with Crippen LogP contribution in [0.15, 0.2) is 41.4 Å². The molecule has 136 valence electrons. The molecule has 1 aliphatic heterocycles. The van der Waals surface area contributed by atoms with Crippen LogP contribution in [0.5, 0.6) is 0 Å². The number of aromatic nitrogens is 2. The zero-order valence-electron chi connectivity index (χ0n) is 13.6. The van der Waals surface area contributed by atoms with Crippen LogP contribution in [0, 0.1) is 0 Å². The molecule has 1 aliphatic rings. The van der Waals surface area contributed by atoms with Gasteiger partial charge in [-0.2, -0.15) is 18.3 Å². The average molecular weight is 373 g/mol. The molecule has 2 aromatic rings. The highest BCUT2D eigenvalue weighted by Gasteiger charge is 2.34. The summed E-state index contributed by atoms with van der Waals surface area (Å²) in [5, 5.41) is 3.65. The first kappa shape index (κ1) is 17.8.